The lowest BCUT2D eigenvalue weighted by Gasteiger charge is -2.10. The molecule has 0 saturated carbocycles. The first-order chi connectivity index (χ1) is 7.67. The smallest absolute Gasteiger partial charge is 0.409 e. The zero-order chi connectivity index (χ0) is 12.4. The number of nitrogens with one attached hydrogen (secondary N) is 1. The standard InChI is InChI=1S/C12H16N2O2/c1-5-8-10(6-2)9-16-12(15)14-11(7-3)13-4/h5-8,11H,1-4,9H2,(H,14,15)/b10-8+. The highest BCUT2D eigenvalue weighted by molar-refractivity contribution is 5.68. The molecule has 16 heavy (non-hydrogen) atoms. The molecule has 0 heterocycles. The first-order valence-corrected chi connectivity index (χ1v) is 4.63. The Balaban J connectivity index is 4.10. The number of alkyl carbamates (subject to hydrolysis) is 1. The minimum atomic E-state index is -0.589. The van der Waals surface area contributed by atoms with Crippen molar-refractivity contribution in [2.45, 2.75) is 6.17 Å². The summed E-state index contributed by atoms with van der Waals surface area (Å²) in [5, 5.41) is 2.44. The van der Waals surface area contributed by atoms with E-state index in [2.05, 4.69) is 36.8 Å². The fourth-order valence-corrected chi connectivity index (χ4v) is 0.817. The second kappa shape index (κ2) is 8.23. The maximum atomic E-state index is 11.2. The largest absolute Gasteiger partial charge is 0.445 e. The van der Waals surface area contributed by atoms with Crippen molar-refractivity contribution in [1.29, 1.82) is 0 Å². The summed E-state index contributed by atoms with van der Waals surface area (Å²) in [5.74, 6) is 0. The molecular weight excluding hydrogens is 204 g/mol. The lowest BCUT2D eigenvalue weighted by molar-refractivity contribution is 0.154. The van der Waals surface area contributed by atoms with Gasteiger partial charge in [-0.1, -0.05) is 38.0 Å². The van der Waals surface area contributed by atoms with Gasteiger partial charge in [-0.3, -0.25) is 10.3 Å². The van der Waals surface area contributed by atoms with Gasteiger partial charge in [0.2, 0.25) is 0 Å². The summed E-state index contributed by atoms with van der Waals surface area (Å²) >= 11 is 0. The Hall–Kier alpha value is -2.10. The summed E-state index contributed by atoms with van der Waals surface area (Å²) < 4.78 is 4.91. The molecular formula is C12H16N2O2. The summed E-state index contributed by atoms with van der Waals surface area (Å²) in [6.07, 6.45) is 5.21. The fourth-order valence-electron chi connectivity index (χ4n) is 0.817. The topological polar surface area (TPSA) is 50.7 Å². The molecule has 1 N–H and O–H groups in total. The van der Waals surface area contributed by atoms with Gasteiger partial charge in [0.1, 0.15) is 12.8 Å². The second-order valence-corrected chi connectivity index (χ2v) is 2.76. The number of ether oxygens (including phenoxy) is 1. The van der Waals surface area contributed by atoms with Crippen LogP contribution in [0.1, 0.15) is 0 Å². The van der Waals surface area contributed by atoms with Gasteiger partial charge in [0.15, 0.2) is 0 Å². The normalized spacial score (nSPS) is 12.1. The Bertz CT molecular complexity index is 311. The number of nitrogens with zero attached hydrogens (tertiary/aromatic N) is 1. The third kappa shape index (κ3) is 5.59. The highest BCUT2D eigenvalue weighted by Crippen LogP contribution is 1.98. The Morgan fingerprint density at radius 2 is 2.12 bits per heavy atom. The zero-order valence-electron chi connectivity index (χ0n) is 9.19. The molecule has 0 aliphatic carbocycles. The Morgan fingerprint density at radius 3 is 2.56 bits per heavy atom. The highest BCUT2D eigenvalue weighted by Gasteiger charge is 2.06. The second-order valence-electron chi connectivity index (χ2n) is 2.76. The summed E-state index contributed by atoms with van der Waals surface area (Å²) in [5.41, 5.74) is 0.756. The van der Waals surface area contributed by atoms with E-state index in [1.807, 2.05) is 0 Å². The predicted octanol–water partition coefficient (Wildman–Crippen LogP) is 2.22. The van der Waals surface area contributed by atoms with Gasteiger partial charge in [-0.05, 0) is 18.4 Å². The first kappa shape index (κ1) is 13.9. The van der Waals surface area contributed by atoms with Crippen LogP contribution in [-0.2, 0) is 4.74 Å². The molecule has 4 heteroatoms. The Kier molecular flexibility index (Phi) is 7.15. The lowest BCUT2D eigenvalue weighted by Crippen LogP contribution is -2.32. The predicted molar refractivity (Wildman–Crippen MR) is 66.5 cm³/mol. The molecule has 1 unspecified atom stereocenters. The Labute approximate surface area is 95.7 Å². The van der Waals surface area contributed by atoms with E-state index in [1.165, 1.54) is 6.08 Å². The molecule has 4 nitrogen and oxygen atoms in total. The molecule has 0 rings (SSSR count). The molecule has 0 radical (unpaired) electrons. The van der Waals surface area contributed by atoms with E-state index in [1.54, 1.807) is 18.2 Å². The van der Waals surface area contributed by atoms with Crippen LogP contribution in [0, 0.1) is 0 Å². The number of rotatable bonds is 7. The molecule has 0 aromatic carbocycles. The number of carbonyl (C=O) groups excluding carboxylic acids is 1. The molecule has 0 aromatic heterocycles. The van der Waals surface area contributed by atoms with Gasteiger partial charge in [-0.15, -0.1) is 0 Å². The van der Waals surface area contributed by atoms with Crippen LogP contribution in [0.15, 0.2) is 54.6 Å². The minimum Gasteiger partial charge on any atom is -0.445 e. The lowest BCUT2D eigenvalue weighted by atomic mass is 10.2. The fraction of sp³-hybridized carbons (Fsp3) is 0.167. The first-order valence-electron chi connectivity index (χ1n) is 4.63. The molecule has 86 valence electrons. The van der Waals surface area contributed by atoms with Crippen LogP contribution in [-0.4, -0.2) is 25.6 Å². The third-order valence-electron chi connectivity index (χ3n) is 1.65. The van der Waals surface area contributed by atoms with Gasteiger partial charge in [0.25, 0.3) is 0 Å². The summed E-state index contributed by atoms with van der Waals surface area (Å²) in [4.78, 5) is 14.8. The monoisotopic (exact) mass is 220 g/mol. The van der Waals surface area contributed by atoms with Gasteiger partial charge < -0.3 is 4.74 Å². The molecule has 0 spiro atoms. The molecule has 0 aliphatic rings. The van der Waals surface area contributed by atoms with Crippen molar-refractivity contribution in [2.24, 2.45) is 4.99 Å². The molecule has 0 bridgehead atoms. The van der Waals surface area contributed by atoms with Crippen molar-refractivity contribution >= 4 is 12.8 Å². The molecule has 1 atom stereocenters. The third-order valence-corrected chi connectivity index (χ3v) is 1.65. The molecule has 0 saturated heterocycles. The van der Waals surface area contributed by atoms with Crippen molar-refractivity contribution < 1.29 is 9.53 Å². The molecule has 0 aliphatic heterocycles. The minimum absolute atomic E-state index is 0.127. The van der Waals surface area contributed by atoms with Crippen LogP contribution in [0.2, 0.25) is 0 Å². The summed E-state index contributed by atoms with van der Waals surface area (Å²) in [6, 6.07) is 0. The van der Waals surface area contributed by atoms with Crippen molar-refractivity contribution in [3.05, 3.63) is 49.6 Å². The van der Waals surface area contributed by atoms with E-state index in [9.17, 15) is 4.79 Å². The summed E-state index contributed by atoms with van der Waals surface area (Å²) in [7, 11) is 0. The van der Waals surface area contributed by atoms with E-state index in [0.29, 0.717) is 0 Å². The van der Waals surface area contributed by atoms with E-state index in [0.717, 1.165) is 5.57 Å². The number of hydrogen-bond acceptors (Lipinski definition) is 3. The molecule has 0 aromatic rings. The van der Waals surface area contributed by atoms with Crippen molar-refractivity contribution in [3.8, 4) is 0 Å². The van der Waals surface area contributed by atoms with Crippen molar-refractivity contribution in [3.63, 3.8) is 0 Å². The average Bonchev–Trinajstić information content (AvgIpc) is 2.31. The van der Waals surface area contributed by atoms with Crippen LogP contribution >= 0.6 is 0 Å². The van der Waals surface area contributed by atoms with Gasteiger partial charge in [0, 0.05) is 0 Å². The van der Waals surface area contributed by atoms with E-state index < -0.39 is 12.3 Å². The van der Waals surface area contributed by atoms with Gasteiger partial charge in [0.05, 0.1) is 0 Å². The van der Waals surface area contributed by atoms with Gasteiger partial charge in [-0.2, -0.15) is 0 Å². The van der Waals surface area contributed by atoms with Crippen LogP contribution in [0.3, 0.4) is 0 Å². The number of allylic oxidation sites excluding steroid dienone is 2. The van der Waals surface area contributed by atoms with Crippen LogP contribution < -0.4 is 5.32 Å². The number of hydrogen-bond donors (Lipinski definition) is 1. The number of carbonyl (C=O) groups is 1. The average molecular weight is 220 g/mol. The van der Waals surface area contributed by atoms with Crippen LogP contribution in [0.4, 0.5) is 4.79 Å². The van der Waals surface area contributed by atoms with E-state index in [-0.39, 0.29) is 6.61 Å². The number of aliphatic imine (C=N–C) groups is 1. The van der Waals surface area contributed by atoms with Gasteiger partial charge >= 0.3 is 6.09 Å². The quantitative estimate of drug-likeness (QED) is 0.406. The van der Waals surface area contributed by atoms with Crippen LogP contribution in [0.5, 0.6) is 0 Å². The SMILES string of the molecule is C=C/C=C(\C=C)COC(=O)NC(C=C)N=C. The number of amides is 1. The maximum Gasteiger partial charge on any atom is 0.409 e. The molecule has 0 fully saturated rings. The van der Waals surface area contributed by atoms with E-state index >= 15 is 0 Å². The van der Waals surface area contributed by atoms with E-state index in [4.69, 9.17) is 4.74 Å². The van der Waals surface area contributed by atoms with Crippen molar-refractivity contribution in [1.82, 2.24) is 5.32 Å². The maximum absolute atomic E-state index is 11.2. The highest BCUT2D eigenvalue weighted by atomic mass is 16.5. The van der Waals surface area contributed by atoms with Crippen LogP contribution in [0.25, 0.3) is 0 Å². The zero-order valence-corrected chi connectivity index (χ0v) is 9.19. The van der Waals surface area contributed by atoms with Gasteiger partial charge in [-0.25, -0.2) is 4.79 Å². The molecule has 1 amide bonds. The summed E-state index contributed by atoms with van der Waals surface area (Å²) in [6.45, 7) is 14.0. The Morgan fingerprint density at radius 1 is 1.44 bits per heavy atom. The van der Waals surface area contributed by atoms with Crippen molar-refractivity contribution in [2.75, 3.05) is 6.61 Å².